The van der Waals surface area contributed by atoms with Crippen LogP contribution in [0.1, 0.15) is 19.4 Å². The summed E-state index contributed by atoms with van der Waals surface area (Å²) in [6, 6.07) is 3.36. The molecule has 0 bridgehead atoms. The van der Waals surface area contributed by atoms with Crippen molar-refractivity contribution in [1.29, 1.82) is 0 Å². The molecule has 0 spiro atoms. The highest BCUT2D eigenvalue weighted by molar-refractivity contribution is 7.98. The van der Waals surface area contributed by atoms with E-state index in [2.05, 4.69) is 25.0 Å². The minimum atomic E-state index is -0.534. The van der Waals surface area contributed by atoms with Gasteiger partial charge in [-0.2, -0.15) is 0 Å². The lowest BCUT2D eigenvalue weighted by atomic mass is 10.1. The predicted octanol–water partition coefficient (Wildman–Crippen LogP) is 6.00. The molecule has 1 aliphatic rings. The minimum Gasteiger partial charge on any atom is -0.480 e. The van der Waals surface area contributed by atoms with Crippen LogP contribution in [-0.2, 0) is 4.79 Å². The van der Waals surface area contributed by atoms with E-state index in [0.29, 0.717) is 32.9 Å². The molecule has 0 fully saturated rings. The smallest absolute Gasteiger partial charge is 0.229 e. The Morgan fingerprint density at radius 3 is 2.76 bits per heavy atom. The van der Waals surface area contributed by atoms with Gasteiger partial charge in [0.25, 0.3) is 0 Å². The van der Waals surface area contributed by atoms with Crippen LogP contribution in [0, 0.1) is 0 Å². The Hall–Kier alpha value is -3.43. The van der Waals surface area contributed by atoms with Crippen molar-refractivity contribution in [1.82, 2.24) is 9.97 Å². The molecule has 0 aliphatic carbocycles. The Kier molecular flexibility index (Phi) is 8.39. The minimum absolute atomic E-state index is 0.121. The summed E-state index contributed by atoms with van der Waals surface area (Å²) in [6.45, 7) is 3.27. The van der Waals surface area contributed by atoms with Crippen molar-refractivity contribution >= 4 is 52.7 Å². The van der Waals surface area contributed by atoms with Crippen LogP contribution in [0.5, 0.6) is 5.88 Å². The molecule has 10 heteroatoms. The molecule has 2 aromatic rings. The molecular weight excluding hydrogens is 465 g/mol. The average Bonchev–Trinajstić information content (AvgIpc) is 2.76. The van der Waals surface area contributed by atoms with Gasteiger partial charge in [0.2, 0.25) is 11.8 Å². The number of halogens is 2. The number of ether oxygens (including phenoxy) is 1. The van der Waals surface area contributed by atoms with Crippen LogP contribution in [0.2, 0.25) is 5.02 Å². The summed E-state index contributed by atoms with van der Waals surface area (Å²) in [4.78, 5) is 20.2. The van der Waals surface area contributed by atoms with Crippen molar-refractivity contribution < 1.29 is 13.9 Å². The molecule has 0 unspecified atom stereocenters. The number of carbonyl (C=O) groups is 1. The highest BCUT2D eigenvalue weighted by atomic mass is 35.5. The number of hydrogen-bond acceptors (Lipinski definition) is 7. The lowest BCUT2D eigenvalue weighted by Crippen LogP contribution is -2.08. The number of carbonyl (C=O) groups excluding carboxylic acids is 1. The van der Waals surface area contributed by atoms with Crippen LogP contribution >= 0.6 is 23.5 Å². The number of nitrogens with zero attached hydrogens (tertiary/aromatic N) is 3. The van der Waals surface area contributed by atoms with Crippen molar-refractivity contribution in [3.8, 4) is 5.88 Å². The van der Waals surface area contributed by atoms with Crippen molar-refractivity contribution in [3.63, 3.8) is 0 Å². The van der Waals surface area contributed by atoms with Gasteiger partial charge < -0.3 is 15.4 Å². The first-order chi connectivity index (χ1) is 15.9. The SMILES string of the molecule is COc1ncc(Cl)cc1S/N=C1\C=C/C=C(\C)Nc2cc(NC(C)=O)ncc2\C=C\C=C\1F. The van der Waals surface area contributed by atoms with E-state index in [4.69, 9.17) is 16.3 Å². The van der Waals surface area contributed by atoms with Gasteiger partial charge in [0.1, 0.15) is 17.4 Å². The van der Waals surface area contributed by atoms with Gasteiger partial charge in [0, 0.05) is 48.6 Å². The van der Waals surface area contributed by atoms with E-state index in [-0.39, 0.29) is 11.6 Å². The third kappa shape index (κ3) is 7.03. The molecule has 0 radical (unpaired) electrons. The van der Waals surface area contributed by atoms with E-state index in [1.54, 1.807) is 48.7 Å². The van der Waals surface area contributed by atoms with Crippen LogP contribution in [-0.4, -0.2) is 28.7 Å². The first kappa shape index (κ1) is 24.2. The highest BCUT2D eigenvalue weighted by Crippen LogP contribution is 2.31. The maximum atomic E-state index is 14.9. The zero-order valence-electron chi connectivity index (χ0n) is 18.1. The number of rotatable bonds is 4. The number of aromatic nitrogens is 2. The van der Waals surface area contributed by atoms with Crippen LogP contribution in [0.4, 0.5) is 15.9 Å². The second-order valence-electron chi connectivity index (χ2n) is 6.77. The van der Waals surface area contributed by atoms with Crippen LogP contribution in [0.25, 0.3) is 6.08 Å². The maximum Gasteiger partial charge on any atom is 0.229 e. The first-order valence-corrected chi connectivity index (χ1v) is 10.9. The Morgan fingerprint density at radius 2 is 2.00 bits per heavy atom. The normalized spacial score (nSPS) is 20.0. The van der Waals surface area contributed by atoms with Gasteiger partial charge in [-0.1, -0.05) is 29.8 Å². The zero-order valence-corrected chi connectivity index (χ0v) is 19.7. The molecule has 0 aromatic carbocycles. The van der Waals surface area contributed by atoms with Gasteiger partial charge in [-0.25, -0.2) is 18.8 Å². The van der Waals surface area contributed by atoms with E-state index < -0.39 is 5.83 Å². The number of nitrogens with one attached hydrogen (secondary N) is 2. The topological polar surface area (TPSA) is 88.5 Å². The number of fused-ring (bicyclic) bond motifs is 1. The van der Waals surface area contributed by atoms with Crippen molar-refractivity contribution in [2.45, 2.75) is 18.7 Å². The second-order valence-corrected chi connectivity index (χ2v) is 8.02. The Morgan fingerprint density at radius 1 is 1.21 bits per heavy atom. The molecule has 1 aliphatic heterocycles. The molecular formula is C23H21ClFN5O2S. The van der Waals surface area contributed by atoms with Gasteiger partial charge in [0.15, 0.2) is 0 Å². The van der Waals surface area contributed by atoms with E-state index in [0.717, 1.165) is 17.6 Å². The molecule has 33 heavy (non-hydrogen) atoms. The van der Waals surface area contributed by atoms with E-state index in [9.17, 15) is 9.18 Å². The molecule has 1 amide bonds. The first-order valence-electron chi connectivity index (χ1n) is 9.74. The third-order valence-electron chi connectivity index (χ3n) is 4.15. The fourth-order valence-electron chi connectivity index (χ4n) is 2.69. The average molecular weight is 486 g/mol. The second kappa shape index (κ2) is 11.4. The number of amides is 1. The van der Waals surface area contributed by atoms with Crippen LogP contribution in [0.3, 0.4) is 0 Å². The number of hydrogen-bond donors (Lipinski definition) is 2. The van der Waals surface area contributed by atoms with Crippen LogP contribution < -0.4 is 15.4 Å². The standard InChI is InChI=1S/C23H21ClFN5O2S/c1-14-6-4-9-19(30-33-21-10-17(24)13-27-23(21)32-3)18(25)8-5-7-16-12-26-22(29-15(2)31)11-20(16)28-14/h4-13,28H,1-3H3,(H,26,29,31)/b7-5+,9-4-,14-6+,18-8-,30-19+. The lowest BCUT2D eigenvalue weighted by Gasteiger charge is -2.12. The molecule has 170 valence electrons. The maximum absolute atomic E-state index is 14.9. The van der Waals surface area contributed by atoms with Gasteiger partial charge in [0.05, 0.1) is 22.7 Å². The van der Waals surface area contributed by atoms with Gasteiger partial charge in [-0.05, 0) is 31.2 Å². The van der Waals surface area contributed by atoms with E-state index in [1.807, 2.05) is 6.92 Å². The molecule has 0 saturated carbocycles. The van der Waals surface area contributed by atoms with Crippen molar-refractivity contribution in [2.24, 2.45) is 4.40 Å². The molecule has 3 heterocycles. The predicted molar refractivity (Wildman–Crippen MR) is 132 cm³/mol. The fourth-order valence-corrected chi connectivity index (χ4v) is 3.66. The van der Waals surface area contributed by atoms with Gasteiger partial charge in [-0.15, -0.1) is 0 Å². The molecule has 2 N–H and O–H groups in total. The van der Waals surface area contributed by atoms with Crippen molar-refractivity contribution in [2.75, 3.05) is 17.7 Å². The zero-order chi connectivity index (χ0) is 23.8. The van der Waals surface area contributed by atoms with Crippen molar-refractivity contribution in [3.05, 3.63) is 77.0 Å². The highest BCUT2D eigenvalue weighted by Gasteiger charge is 2.10. The van der Waals surface area contributed by atoms with E-state index in [1.165, 1.54) is 26.3 Å². The Balaban J connectivity index is 1.94. The summed E-state index contributed by atoms with van der Waals surface area (Å²) in [7, 11) is 1.49. The number of methoxy groups -OCH3 is 1. The number of allylic oxidation sites excluding steroid dienone is 7. The lowest BCUT2D eigenvalue weighted by molar-refractivity contribution is -0.114. The van der Waals surface area contributed by atoms with E-state index >= 15 is 0 Å². The molecule has 3 rings (SSSR count). The fraction of sp³-hybridized carbons (Fsp3) is 0.130. The molecule has 0 atom stereocenters. The summed E-state index contributed by atoms with van der Waals surface area (Å²) in [5, 5.41) is 6.34. The van der Waals surface area contributed by atoms with Crippen LogP contribution in [0.15, 0.2) is 75.7 Å². The number of anilines is 2. The monoisotopic (exact) mass is 485 g/mol. The quantitative estimate of drug-likeness (QED) is 0.516. The summed E-state index contributed by atoms with van der Waals surface area (Å²) in [5.74, 6) is 0.00431. The summed E-state index contributed by atoms with van der Waals surface area (Å²) < 4.78 is 24.4. The molecule has 7 nitrogen and oxygen atoms in total. The molecule has 2 aromatic heterocycles. The largest absolute Gasteiger partial charge is 0.480 e. The third-order valence-corrected chi connectivity index (χ3v) is 5.14. The Bertz CT molecular complexity index is 1210. The number of pyridine rings is 2. The molecule has 0 saturated heterocycles. The van der Waals surface area contributed by atoms with Gasteiger partial charge >= 0.3 is 0 Å². The Labute approximate surface area is 200 Å². The summed E-state index contributed by atoms with van der Waals surface area (Å²) in [6.07, 6.45) is 12.7. The summed E-state index contributed by atoms with van der Waals surface area (Å²) >= 11 is 7.02. The summed E-state index contributed by atoms with van der Waals surface area (Å²) in [5.41, 5.74) is 2.34. The van der Waals surface area contributed by atoms with Gasteiger partial charge in [-0.3, -0.25) is 4.79 Å².